The van der Waals surface area contributed by atoms with Gasteiger partial charge in [0.2, 0.25) is 9.84 Å². The molecule has 0 saturated carbocycles. The van der Waals surface area contributed by atoms with Crippen LogP contribution in [0.25, 0.3) is 6.08 Å². The Morgan fingerprint density at radius 1 is 1.35 bits per heavy atom. The van der Waals surface area contributed by atoms with Crippen molar-refractivity contribution < 1.29 is 8.42 Å². The lowest BCUT2D eigenvalue weighted by Crippen LogP contribution is -2.03. The highest BCUT2D eigenvalue weighted by atomic mass is 32.2. The number of benzene rings is 1. The van der Waals surface area contributed by atoms with Gasteiger partial charge >= 0.3 is 0 Å². The molecule has 20 heavy (non-hydrogen) atoms. The Balaban J connectivity index is 2.54. The predicted molar refractivity (Wildman–Crippen MR) is 75.2 cm³/mol. The molecule has 0 radical (unpaired) electrons. The van der Waals surface area contributed by atoms with Crippen molar-refractivity contribution in [2.45, 2.75) is 11.8 Å². The zero-order chi connectivity index (χ0) is 14.8. The van der Waals surface area contributed by atoms with Crippen molar-refractivity contribution in [1.82, 2.24) is 9.78 Å². The van der Waals surface area contributed by atoms with Gasteiger partial charge in [-0.15, -0.1) is 0 Å². The molecule has 0 spiro atoms. The summed E-state index contributed by atoms with van der Waals surface area (Å²) in [5.74, 6) is 0. The maximum absolute atomic E-state index is 12.4. The fourth-order valence-electron chi connectivity index (χ4n) is 1.80. The van der Waals surface area contributed by atoms with Crippen molar-refractivity contribution in [2.24, 2.45) is 7.05 Å². The first-order chi connectivity index (χ1) is 9.45. The maximum Gasteiger partial charge on any atom is 0.216 e. The number of nitriles is 1. The van der Waals surface area contributed by atoms with E-state index in [0.717, 1.165) is 0 Å². The van der Waals surface area contributed by atoms with Gasteiger partial charge in [-0.05, 0) is 25.1 Å². The van der Waals surface area contributed by atoms with Crippen LogP contribution in [0, 0.1) is 18.3 Å². The van der Waals surface area contributed by atoms with E-state index < -0.39 is 9.84 Å². The lowest BCUT2D eigenvalue weighted by Gasteiger charge is -2.02. The number of aromatic nitrogens is 2. The first kappa shape index (κ1) is 14.0. The summed E-state index contributed by atoms with van der Waals surface area (Å²) in [5.41, 5.74) is 1.28. The van der Waals surface area contributed by atoms with E-state index in [1.54, 1.807) is 49.1 Å². The Morgan fingerprint density at radius 3 is 2.50 bits per heavy atom. The first-order valence-electron chi connectivity index (χ1n) is 5.87. The van der Waals surface area contributed by atoms with Gasteiger partial charge in [0.25, 0.3) is 0 Å². The summed E-state index contributed by atoms with van der Waals surface area (Å²) in [7, 11) is -2.06. The number of allylic oxidation sites excluding steroid dienone is 1. The molecule has 2 rings (SSSR count). The molecular formula is C14H13N3O2S. The Labute approximate surface area is 117 Å². The molecule has 0 unspecified atom stereocenters. The van der Waals surface area contributed by atoms with Crippen molar-refractivity contribution in [3.63, 3.8) is 0 Å². The van der Waals surface area contributed by atoms with E-state index in [-0.39, 0.29) is 9.80 Å². The Kier molecular flexibility index (Phi) is 3.72. The topological polar surface area (TPSA) is 75.8 Å². The number of rotatable bonds is 3. The molecule has 0 amide bonds. The van der Waals surface area contributed by atoms with Gasteiger partial charge in [0, 0.05) is 18.8 Å². The number of aryl methyl sites for hydroxylation is 2. The summed E-state index contributed by atoms with van der Waals surface area (Å²) < 4.78 is 26.3. The van der Waals surface area contributed by atoms with Gasteiger partial charge < -0.3 is 0 Å². The summed E-state index contributed by atoms with van der Waals surface area (Å²) in [6.07, 6.45) is 3.03. The highest BCUT2D eigenvalue weighted by Crippen LogP contribution is 2.21. The summed E-state index contributed by atoms with van der Waals surface area (Å²) in [4.78, 5) is -0.186. The maximum atomic E-state index is 12.4. The minimum Gasteiger partial charge on any atom is -0.275 e. The quantitative estimate of drug-likeness (QED) is 0.810. The van der Waals surface area contributed by atoms with E-state index >= 15 is 0 Å². The van der Waals surface area contributed by atoms with Crippen molar-refractivity contribution >= 4 is 15.9 Å². The molecule has 1 aromatic heterocycles. The van der Waals surface area contributed by atoms with E-state index in [1.165, 1.54) is 18.2 Å². The van der Waals surface area contributed by atoms with Gasteiger partial charge in [-0.3, -0.25) is 4.68 Å². The normalized spacial score (nSPS) is 12.2. The third kappa shape index (κ3) is 2.63. The van der Waals surface area contributed by atoms with Gasteiger partial charge in [-0.25, -0.2) is 8.42 Å². The number of nitrogens with zero attached hydrogens (tertiary/aromatic N) is 3. The first-order valence-corrected chi connectivity index (χ1v) is 7.35. The van der Waals surface area contributed by atoms with Crippen LogP contribution < -0.4 is 0 Å². The molecule has 0 aliphatic carbocycles. The van der Waals surface area contributed by atoms with Crippen LogP contribution in [0.4, 0.5) is 0 Å². The molecular weight excluding hydrogens is 274 g/mol. The fraction of sp³-hybridized carbons (Fsp3) is 0.143. The van der Waals surface area contributed by atoms with Crippen LogP contribution in [0.5, 0.6) is 0 Å². The average Bonchev–Trinajstić information content (AvgIpc) is 2.75. The van der Waals surface area contributed by atoms with Crippen LogP contribution >= 0.6 is 0 Å². The average molecular weight is 287 g/mol. The molecule has 6 heteroatoms. The highest BCUT2D eigenvalue weighted by Gasteiger charge is 2.20. The molecule has 0 aliphatic rings. The lowest BCUT2D eigenvalue weighted by atomic mass is 10.2. The van der Waals surface area contributed by atoms with E-state index in [1.807, 2.05) is 0 Å². The van der Waals surface area contributed by atoms with Crippen LogP contribution in [-0.4, -0.2) is 18.2 Å². The van der Waals surface area contributed by atoms with Gasteiger partial charge in [0.05, 0.1) is 10.6 Å². The number of hydrogen-bond acceptors (Lipinski definition) is 4. The highest BCUT2D eigenvalue weighted by molar-refractivity contribution is 7.95. The molecule has 0 fully saturated rings. The van der Waals surface area contributed by atoms with Crippen LogP contribution in [0.1, 0.15) is 11.3 Å². The van der Waals surface area contributed by atoms with Gasteiger partial charge in [-0.1, -0.05) is 18.2 Å². The second kappa shape index (κ2) is 5.31. The van der Waals surface area contributed by atoms with Crippen molar-refractivity contribution in [3.05, 3.63) is 52.7 Å². The fourth-order valence-corrected chi connectivity index (χ4v) is 2.97. The lowest BCUT2D eigenvalue weighted by molar-refractivity contribution is 0.603. The molecule has 1 heterocycles. The van der Waals surface area contributed by atoms with Crippen molar-refractivity contribution in [3.8, 4) is 6.07 Å². The largest absolute Gasteiger partial charge is 0.275 e. The summed E-state index contributed by atoms with van der Waals surface area (Å²) >= 11 is 0. The Morgan fingerprint density at radius 2 is 2.00 bits per heavy atom. The minimum absolute atomic E-state index is 0.106. The van der Waals surface area contributed by atoms with Crippen LogP contribution in [0.2, 0.25) is 0 Å². The van der Waals surface area contributed by atoms with Gasteiger partial charge in [0.1, 0.15) is 11.0 Å². The zero-order valence-electron chi connectivity index (χ0n) is 11.1. The zero-order valence-corrected chi connectivity index (χ0v) is 11.9. The van der Waals surface area contributed by atoms with Gasteiger partial charge in [0.15, 0.2) is 0 Å². The van der Waals surface area contributed by atoms with E-state index in [2.05, 4.69) is 5.10 Å². The SMILES string of the molecule is Cc1nn(C)cc1/C=C(/C#N)S(=O)(=O)c1ccccc1. The second-order valence-electron chi connectivity index (χ2n) is 4.28. The molecule has 0 saturated heterocycles. The standard InChI is InChI=1S/C14H13N3O2S/c1-11-12(10-17(2)16-11)8-14(9-15)20(18,19)13-6-4-3-5-7-13/h3-8,10H,1-2H3/b14-8-. The molecule has 0 atom stereocenters. The van der Waals surface area contributed by atoms with Crippen LogP contribution in [0.15, 0.2) is 46.3 Å². The summed E-state index contributed by atoms with van der Waals surface area (Å²) in [6.45, 7) is 1.76. The molecule has 5 nitrogen and oxygen atoms in total. The minimum atomic E-state index is -3.79. The third-order valence-electron chi connectivity index (χ3n) is 2.79. The number of hydrogen-bond donors (Lipinski definition) is 0. The van der Waals surface area contributed by atoms with E-state index in [0.29, 0.717) is 11.3 Å². The van der Waals surface area contributed by atoms with Crippen molar-refractivity contribution in [2.75, 3.05) is 0 Å². The van der Waals surface area contributed by atoms with Crippen LogP contribution in [-0.2, 0) is 16.9 Å². The molecule has 1 aromatic carbocycles. The smallest absolute Gasteiger partial charge is 0.216 e. The van der Waals surface area contributed by atoms with E-state index in [9.17, 15) is 8.42 Å². The van der Waals surface area contributed by atoms with Crippen LogP contribution in [0.3, 0.4) is 0 Å². The second-order valence-corrected chi connectivity index (χ2v) is 6.20. The third-order valence-corrected chi connectivity index (χ3v) is 4.47. The Bertz CT molecular complexity index is 797. The number of sulfone groups is 1. The molecule has 0 N–H and O–H groups in total. The summed E-state index contributed by atoms with van der Waals surface area (Å²) in [5, 5.41) is 13.3. The van der Waals surface area contributed by atoms with Gasteiger partial charge in [-0.2, -0.15) is 10.4 Å². The Hall–Kier alpha value is -2.39. The van der Waals surface area contributed by atoms with E-state index in [4.69, 9.17) is 5.26 Å². The molecule has 102 valence electrons. The monoisotopic (exact) mass is 287 g/mol. The van der Waals surface area contributed by atoms with Crippen molar-refractivity contribution in [1.29, 1.82) is 5.26 Å². The molecule has 0 bridgehead atoms. The molecule has 2 aromatic rings. The predicted octanol–water partition coefficient (Wildman–Crippen LogP) is 2.07. The molecule has 0 aliphatic heterocycles. The summed E-state index contributed by atoms with van der Waals surface area (Å²) in [6, 6.07) is 9.67.